The predicted octanol–water partition coefficient (Wildman–Crippen LogP) is 19.9. The molecule has 0 spiro atoms. The van der Waals surface area contributed by atoms with E-state index in [0.717, 1.165) is 32.1 Å². The lowest BCUT2D eigenvalue weighted by molar-refractivity contribution is -0.123. The van der Waals surface area contributed by atoms with Gasteiger partial charge in [-0.25, -0.2) is 0 Å². The Morgan fingerprint density at radius 1 is 0.354 bits per heavy atom. The Kier molecular flexibility index (Phi) is 56.2. The molecule has 0 aromatic heterocycles. The van der Waals surface area contributed by atoms with Crippen LogP contribution < -0.4 is 5.32 Å². The molecule has 0 bridgehead atoms. The van der Waals surface area contributed by atoms with Gasteiger partial charge in [-0.15, -0.1) is 0 Å². The van der Waals surface area contributed by atoms with Gasteiger partial charge in [0.1, 0.15) is 0 Å². The second kappa shape index (κ2) is 57.2. The molecule has 4 nitrogen and oxygen atoms in total. The molecule has 0 aliphatic carbocycles. The van der Waals surface area contributed by atoms with Gasteiger partial charge in [0.2, 0.25) is 5.91 Å². The Labute approximate surface area is 409 Å². The van der Waals surface area contributed by atoms with Crippen molar-refractivity contribution in [1.82, 2.24) is 5.32 Å². The van der Waals surface area contributed by atoms with Gasteiger partial charge in [0.15, 0.2) is 0 Å². The lowest BCUT2D eigenvalue weighted by atomic mass is 10.0. The Morgan fingerprint density at radius 2 is 0.600 bits per heavy atom. The number of rotatable bonds is 56. The molecule has 0 aromatic carbocycles. The monoisotopic (exact) mass is 914 g/mol. The second-order valence-electron chi connectivity index (χ2n) is 20.8. The topological polar surface area (TPSA) is 69.6 Å². The van der Waals surface area contributed by atoms with E-state index in [9.17, 15) is 15.0 Å². The van der Waals surface area contributed by atoms with Gasteiger partial charge in [0, 0.05) is 6.42 Å². The number of carbonyl (C=O) groups excluding carboxylic acids is 1. The zero-order valence-corrected chi connectivity index (χ0v) is 44.5. The van der Waals surface area contributed by atoms with Gasteiger partial charge >= 0.3 is 0 Å². The fraction of sp³-hybridized carbons (Fsp3) is 0.918. The van der Waals surface area contributed by atoms with Crippen LogP contribution in [0.4, 0.5) is 0 Å². The molecule has 0 fully saturated rings. The Hall–Kier alpha value is -1.13. The smallest absolute Gasteiger partial charge is 0.220 e. The summed E-state index contributed by atoms with van der Waals surface area (Å²) in [5.41, 5.74) is 0. The van der Waals surface area contributed by atoms with Crippen LogP contribution in [0.1, 0.15) is 341 Å². The van der Waals surface area contributed by atoms with E-state index >= 15 is 0 Å². The van der Waals surface area contributed by atoms with Crippen molar-refractivity contribution >= 4 is 5.91 Å². The highest BCUT2D eigenvalue weighted by atomic mass is 16.3. The van der Waals surface area contributed by atoms with Crippen molar-refractivity contribution in [1.29, 1.82) is 0 Å². The Bertz CT molecular complexity index is 947. The largest absolute Gasteiger partial charge is 0.394 e. The zero-order valence-electron chi connectivity index (χ0n) is 44.5. The summed E-state index contributed by atoms with van der Waals surface area (Å²) in [5, 5.41) is 23.1. The first-order valence-corrected chi connectivity index (χ1v) is 30.1. The van der Waals surface area contributed by atoms with Crippen molar-refractivity contribution in [3.63, 3.8) is 0 Å². The molecule has 0 heterocycles. The van der Waals surface area contributed by atoms with Gasteiger partial charge < -0.3 is 15.5 Å². The predicted molar refractivity (Wildman–Crippen MR) is 290 cm³/mol. The maximum absolute atomic E-state index is 12.4. The SMILES string of the molecule is CCCCCCCCCC/C=C/CC/C=C/C(O)C(CO)NC(=O)CCCCCCCCCCCCCCCCCCCCCCCCCCCCCCCCCCCCCCCCC. The summed E-state index contributed by atoms with van der Waals surface area (Å²) in [5.74, 6) is -0.0676. The standard InChI is InChI=1S/C61H119NO3/c1-3-5-7-9-11-13-15-17-19-20-21-22-23-24-25-26-27-28-29-30-31-32-33-34-35-36-37-38-39-40-41-42-43-45-47-49-51-53-55-57-61(65)62-59(58-63)60(64)56-54-52-50-48-46-44-18-16-14-12-10-8-6-4-2/h46,48,54,56,59-60,63-64H,3-45,47,49-53,55,57-58H2,1-2H3,(H,62,65)/b48-46+,56-54+. The van der Waals surface area contributed by atoms with Gasteiger partial charge in [0.05, 0.1) is 18.8 Å². The molecule has 65 heavy (non-hydrogen) atoms. The summed E-state index contributed by atoms with van der Waals surface area (Å²) in [6.07, 6.45) is 76.7. The molecule has 2 unspecified atom stereocenters. The first kappa shape index (κ1) is 63.9. The zero-order chi connectivity index (χ0) is 47.0. The lowest BCUT2D eigenvalue weighted by Crippen LogP contribution is -2.45. The minimum absolute atomic E-state index is 0.0676. The normalized spacial score (nSPS) is 12.9. The minimum atomic E-state index is -0.858. The Morgan fingerprint density at radius 3 is 0.892 bits per heavy atom. The molecule has 0 aromatic rings. The number of hydrogen-bond acceptors (Lipinski definition) is 3. The molecular formula is C61H119NO3. The third kappa shape index (κ3) is 53.7. The quantitative estimate of drug-likeness (QED) is 0.0421. The Balaban J connectivity index is 3.36. The summed E-state index contributed by atoms with van der Waals surface area (Å²) in [4.78, 5) is 12.4. The molecule has 3 N–H and O–H groups in total. The molecule has 0 saturated carbocycles. The van der Waals surface area contributed by atoms with Crippen molar-refractivity contribution in [3.8, 4) is 0 Å². The lowest BCUT2D eigenvalue weighted by Gasteiger charge is -2.19. The molecule has 2 atom stereocenters. The molecule has 0 aliphatic rings. The van der Waals surface area contributed by atoms with Crippen LogP contribution in [0.25, 0.3) is 0 Å². The van der Waals surface area contributed by atoms with Crippen molar-refractivity contribution in [2.45, 2.75) is 353 Å². The summed E-state index contributed by atoms with van der Waals surface area (Å²) < 4.78 is 0. The number of carbonyl (C=O) groups is 1. The molecule has 0 saturated heterocycles. The van der Waals surface area contributed by atoms with E-state index in [1.165, 1.54) is 289 Å². The fourth-order valence-electron chi connectivity index (χ4n) is 9.61. The molecule has 0 aliphatic heterocycles. The minimum Gasteiger partial charge on any atom is -0.394 e. The van der Waals surface area contributed by atoms with Crippen LogP contribution in [-0.4, -0.2) is 34.9 Å². The average molecular weight is 915 g/mol. The molecule has 4 heteroatoms. The first-order chi connectivity index (χ1) is 32.2. The van der Waals surface area contributed by atoms with E-state index in [1.807, 2.05) is 6.08 Å². The average Bonchev–Trinajstić information content (AvgIpc) is 3.31. The maximum atomic E-state index is 12.4. The van der Waals surface area contributed by atoms with Gasteiger partial charge in [-0.1, -0.05) is 327 Å². The van der Waals surface area contributed by atoms with E-state index in [2.05, 4.69) is 31.3 Å². The van der Waals surface area contributed by atoms with Crippen LogP contribution in [0.15, 0.2) is 24.3 Å². The third-order valence-electron chi connectivity index (χ3n) is 14.2. The summed E-state index contributed by atoms with van der Waals surface area (Å²) in [7, 11) is 0. The van der Waals surface area contributed by atoms with Crippen LogP contribution >= 0.6 is 0 Å². The number of aliphatic hydroxyl groups is 2. The van der Waals surface area contributed by atoms with Gasteiger partial charge in [-0.05, 0) is 32.1 Å². The van der Waals surface area contributed by atoms with Crippen LogP contribution in [0.3, 0.4) is 0 Å². The molecule has 0 rings (SSSR count). The second-order valence-corrected chi connectivity index (χ2v) is 20.8. The highest BCUT2D eigenvalue weighted by Crippen LogP contribution is 2.18. The highest BCUT2D eigenvalue weighted by Gasteiger charge is 2.18. The number of amides is 1. The van der Waals surface area contributed by atoms with Crippen LogP contribution in [0, 0.1) is 0 Å². The van der Waals surface area contributed by atoms with E-state index in [1.54, 1.807) is 6.08 Å². The number of nitrogens with one attached hydrogen (secondary N) is 1. The van der Waals surface area contributed by atoms with Crippen LogP contribution in [-0.2, 0) is 4.79 Å². The van der Waals surface area contributed by atoms with Gasteiger partial charge in [-0.2, -0.15) is 0 Å². The maximum Gasteiger partial charge on any atom is 0.220 e. The van der Waals surface area contributed by atoms with E-state index in [4.69, 9.17) is 0 Å². The fourth-order valence-corrected chi connectivity index (χ4v) is 9.61. The van der Waals surface area contributed by atoms with Crippen LogP contribution in [0.5, 0.6) is 0 Å². The van der Waals surface area contributed by atoms with Gasteiger partial charge in [-0.3, -0.25) is 4.79 Å². The number of allylic oxidation sites excluding steroid dienone is 3. The first-order valence-electron chi connectivity index (χ1n) is 30.1. The van der Waals surface area contributed by atoms with Gasteiger partial charge in [0.25, 0.3) is 0 Å². The van der Waals surface area contributed by atoms with E-state index < -0.39 is 12.1 Å². The summed E-state index contributed by atoms with van der Waals surface area (Å²) in [6.45, 7) is 4.32. The van der Waals surface area contributed by atoms with Crippen molar-refractivity contribution in [2.24, 2.45) is 0 Å². The summed E-state index contributed by atoms with van der Waals surface area (Å²) in [6, 6.07) is -0.635. The summed E-state index contributed by atoms with van der Waals surface area (Å²) >= 11 is 0. The number of aliphatic hydroxyl groups excluding tert-OH is 2. The molecule has 386 valence electrons. The molecule has 1 amide bonds. The molecule has 0 radical (unpaired) electrons. The number of hydrogen-bond donors (Lipinski definition) is 3. The number of unbranched alkanes of at least 4 members (excludes halogenated alkanes) is 47. The van der Waals surface area contributed by atoms with Crippen molar-refractivity contribution in [3.05, 3.63) is 24.3 Å². The van der Waals surface area contributed by atoms with Crippen LogP contribution in [0.2, 0.25) is 0 Å². The van der Waals surface area contributed by atoms with Crippen molar-refractivity contribution < 1.29 is 15.0 Å². The van der Waals surface area contributed by atoms with Crippen molar-refractivity contribution in [2.75, 3.05) is 6.61 Å². The molecular weight excluding hydrogens is 795 g/mol. The third-order valence-corrected chi connectivity index (χ3v) is 14.2. The van der Waals surface area contributed by atoms with E-state index in [-0.39, 0.29) is 12.5 Å². The highest BCUT2D eigenvalue weighted by molar-refractivity contribution is 5.76. The van der Waals surface area contributed by atoms with E-state index in [0.29, 0.717) is 6.42 Å².